The van der Waals surface area contributed by atoms with Crippen molar-refractivity contribution in [1.29, 1.82) is 0 Å². The predicted molar refractivity (Wildman–Crippen MR) is 108 cm³/mol. The Morgan fingerprint density at radius 1 is 1.14 bits per heavy atom. The van der Waals surface area contributed by atoms with Crippen molar-refractivity contribution in [3.63, 3.8) is 0 Å². The fourth-order valence-corrected chi connectivity index (χ4v) is 5.09. The summed E-state index contributed by atoms with van der Waals surface area (Å²) < 4.78 is 5.34. The van der Waals surface area contributed by atoms with Crippen LogP contribution >= 0.6 is 11.3 Å². The number of piperazine rings is 1. The molecule has 2 aromatic rings. The summed E-state index contributed by atoms with van der Waals surface area (Å²) >= 11 is 1.48. The number of hydrogen-bond donors (Lipinski definition) is 1. The summed E-state index contributed by atoms with van der Waals surface area (Å²) in [6.07, 6.45) is 6.23. The average molecular weight is 402 g/mol. The number of carbonyl (C=O) groups is 2. The van der Waals surface area contributed by atoms with Gasteiger partial charge in [0.15, 0.2) is 0 Å². The Kier molecular flexibility index (Phi) is 6.12. The molecule has 1 aliphatic carbocycles. The summed E-state index contributed by atoms with van der Waals surface area (Å²) in [5, 5.41) is 5.00. The molecule has 1 saturated carbocycles. The van der Waals surface area contributed by atoms with E-state index in [2.05, 4.69) is 10.2 Å². The van der Waals surface area contributed by atoms with Crippen molar-refractivity contribution < 1.29 is 14.0 Å². The lowest BCUT2D eigenvalue weighted by molar-refractivity contribution is -0.129. The number of carbonyl (C=O) groups excluding carboxylic acids is 2. The molecule has 2 aromatic heterocycles. The molecule has 0 spiro atoms. The van der Waals surface area contributed by atoms with Gasteiger partial charge in [-0.05, 0) is 42.3 Å². The molecule has 0 aromatic carbocycles. The molecule has 4 rings (SSSR count). The van der Waals surface area contributed by atoms with Gasteiger partial charge in [0.25, 0.3) is 5.91 Å². The third-order valence-electron chi connectivity index (χ3n) is 5.86. The van der Waals surface area contributed by atoms with E-state index in [0.717, 1.165) is 36.6 Å². The van der Waals surface area contributed by atoms with E-state index in [1.807, 2.05) is 34.5 Å². The van der Waals surface area contributed by atoms with E-state index >= 15 is 0 Å². The smallest absolute Gasteiger partial charge is 0.264 e. The normalized spacial score (nSPS) is 19.6. The van der Waals surface area contributed by atoms with Gasteiger partial charge in [0.05, 0.1) is 23.7 Å². The third-order valence-corrected chi connectivity index (χ3v) is 6.72. The number of furan rings is 1. The van der Waals surface area contributed by atoms with Crippen molar-refractivity contribution in [3.05, 3.63) is 46.5 Å². The SMILES string of the molecule is O=C(NCc1ccco1)C(C1CCCC1)N1CCN(C(=O)c2cccs2)CC1. The van der Waals surface area contributed by atoms with Crippen LogP contribution in [0.2, 0.25) is 0 Å². The van der Waals surface area contributed by atoms with Crippen LogP contribution < -0.4 is 5.32 Å². The minimum atomic E-state index is -0.114. The van der Waals surface area contributed by atoms with Crippen LogP contribution in [0.5, 0.6) is 0 Å². The van der Waals surface area contributed by atoms with Crippen molar-refractivity contribution in [2.24, 2.45) is 5.92 Å². The van der Waals surface area contributed by atoms with Crippen molar-refractivity contribution in [3.8, 4) is 0 Å². The largest absolute Gasteiger partial charge is 0.467 e. The third kappa shape index (κ3) is 4.31. The van der Waals surface area contributed by atoms with E-state index in [9.17, 15) is 9.59 Å². The molecule has 1 N–H and O–H groups in total. The summed E-state index contributed by atoms with van der Waals surface area (Å²) in [5.41, 5.74) is 0. The Balaban J connectivity index is 1.38. The van der Waals surface area contributed by atoms with Crippen LogP contribution in [0.3, 0.4) is 0 Å². The Bertz CT molecular complexity index is 761. The van der Waals surface area contributed by atoms with E-state index in [1.54, 1.807) is 6.26 Å². The van der Waals surface area contributed by atoms with E-state index in [0.29, 0.717) is 25.6 Å². The van der Waals surface area contributed by atoms with Crippen LogP contribution in [-0.4, -0.2) is 53.8 Å². The van der Waals surface area contributed by atoms with Gasteiger partial charge >= 0.3 is 0 Å². The second-order valence-electron chi connectivity index (χ2n) is 7.59. The van der Waals surface area contributed by atoms with Crippen molar-refractivity contribution in [2.45, 2.75) is 38.3 Å². The van der Waals surface area contributed by atoms with Crippen molar-refractivity contribution in [1.82, 2.24) is 15.1 Å². The lowest BCUT2D eigenvalue weighted by atomic mass is 9.95. The number of nitrogens with one attached hydrogen (secondary N) is 1. The molecular weight excluding hydrogens is 374 g/mol. The minimum Gasteiger partial charge on any atom is -0.467 e. The summed E-state index contributed by atoms with van der Waals surface area (Å²) in [5.74, 6) is 1.36. The summed E-state index contributed by atoms with van der Waals surface area (Å²) in [7, 11) is 0. The van der Waals surface area contributed by atoms with Crippen LogP contribution in [0.4, 0.5) is 0 Å². The monoisotopic (exact) mass is 401 g/mol. The first-order valence-corrected chi connectivity index (χ1v) is 11.0. The van der Waals surface area contributed by atoms with Crippen LogP contribution in [0.25, 0.3) is 0 Å². The second-order valence-corrected chi connectivity index (χ2v) is 8.54. The summed E-state index contributed by atoms with van der Waals surface area (Å²) in [4.78, 5) is 30.6. The molecule has 7 heteroatoms. The van der Waals surface area contributed by atoms with Crippen LogP contribution in [0.15, 0.2) is 40.3 Å². The second kappa shape index (κ2) is 8.92. The predicted octanol–water partition coefficient (Wildman–Crippen LogP) is 2.97. The Morgan fingerprint density at radius 3 is 2.57 bits per heavy atom. The van der Waals surface area contributed by atoms with Crippen LogP contribution in [-0.2, 0) is 11.3 Å². The zero-order valence-corrected chi connectivity index (χ0v) is 16.8. The van der Waals surface area contributed by atoms with Gasteiger partial charge in [-0.15, -0.1) is 11.3 Å². The zero-order valence-electron chi connectivity index (χ0n) is 16.0. The van der Waals surface area contributed by atoms with E-state index in [1.165, 1.54) is 24.2 Å². The molecular formula is C21H27N3O3S. The lowest BCUT2D eigenvalue weighted by Gasteiger charge is -2.40. The molecule has 1 unspecified atom stereocenters. The number of thiophene rings is 1. The van der Waals surface area contributed by atoms with Crippen LogP contribution in [0, 0.1) is 5.92 Å². The molecule has 6 nitrogen and oxygen atoms in total. The molecule has 150 valence electrons. The summed E-state index contributed by atoms with van der Waals surface area (Å²) in [6.45, 7) is 3.25. The molecule has 1 aliphatic heterocycles. The standard InChI is InChI=1S/C21H27N3O3S/c25-20(22-15-17-7-3-13-27-17)19(16-5-1-2-6-16)23-9-11-24(12-10-23)21(26)18-8-4-14-28-18/h3-4,7-8,13-14,16,19H,1-2,5-6,9-12,15H2,(H,22,25). The Morgan fingerprint density at radius 2 is 1.93 bits per heavy atom. The molecule has 28 heavy (non-hydrogen) atoms. The molecule has 1 saturated heterocycles. The molecule has 3 heterocycles. The first kappa shape index (κ1) is 19.2. The number of hydrogen-bond acceptors (Lipinski definition) is 5. The quantitative estimate of drug-likeness (QED) is 0.808. The first-order chi connectivity index (χ1) is 13.7. The van der Waals surface area contributed by atoms with E-state index in [-0.39, 0.29) is 17.9 Å². The van der Waals surface area contributed by atoms with Crippen molar-refractivity contribution in [2.75, 3.05) is 26.2 Å². The first-order valence-electron chi connectivity index (χ1n) is 10.1. The fraction of sp³-hybridized carbons (Fsp3) is 0.524. The Labute approximate surface area is 169 Å². The fourth-order valence-electron chi connectivity index (χ4n) is 4.40. The van der Waals surface area contributed by atoms with Gasteiger partial charge in [0, 0.05) is 26.2 Å². The molecule has 1 atom stereocenters. The van der Waals surface area contributed by atoms with Gasteiger partial charge in [0.1, 0.15) is 5.76 Å². The maximum Gasteiger partial charge on any atom is 0.264 e. The van der Waals surface area contributed by atoms with E-state index in [4.69, 9.17) is 4.42 Å². The average Bonchev–Trinajstić information content (AvgIpc) is 3.50. The zero-order chi connectivity index (χ0) is 19.3. The minimum absolute atomic E-state index is 0.0846. The van der Waals surface area contributed by atoms with Gasteiger partial charge in [0.2, 0.25) is 5.91 Å². The van der Waals surface area contributed by atoms with Crippen molar-refractivity contribution >= 4 is 23.2 Å². The highest BCUT2D eigenvalue weighted by Crippen LogP contribution is 2.31. The molecule has 0 radical (unpaired) electrons. The van der Waals surface area contributed by atoms with E-state index < -0.39 is 0 Å². The molecule has 2 aliphatic rings. The van der Waals surface area contributed by atoms with Gasteiger partial charge in [-0.2, -0.15) is 0 Å². The maximum absolute atomic E-state index is 13.1. The highest BCUT2D eigenvalue weighted by atomic mass is 32.1. The van der Waals surface area contributed by atoms with Gasteiger partial charge < -0.3 is 14.6 Å². The van der Waals surface area contributed by atoms with Gasteiger partial charge in [-0.1, -0.05) is 18.9 Å². The number of amides is 2. The highest BCUT2D eigenvalue weighted by molar-refractivity contribution is 7.12. The van der Waals surface area contributed by atoms with Crippen LogP contribution in [0.1, 0.15) is 41.1 Å². The molecule has 0 bridgehead atoms. The van der Waals surface area contributed by atoms with Gasteiger partial charge in [-0.3, -0.25) is 14.5 Å². The Hall–Kier alpha value is -2.12. The van der Waals surface area contributed by atoms with Gasteiger partial charge in [-0.25, -0.2) is 0 Å². The topological polar surface area (TPSA) is 65.8 Å². The lowest BCUT2D eigenvalue weighted by Crippen LogP contribution is -2.57. The molecule has 2 amide bonds. The number of rotatable bonds is 6. The maximum atomic E-state index is 13.1. The summed E-state index contributed by atoms with van der Waals surface area (Å²) in [6, 6.07) is 7.38. The highest BCUT2D eigenvalue weighted by Gasteiger charge is 2.37. The molecule has 2 fully saturated rings. The number of nitrogens with zero attached hydrogens (tertiary/aromatic N) is 2.